The minimum Gasteiger partial charge on any atom is -0.355 e. The largest absolute Gasteiger partial charge is 0.355 e. The van der Waals surface area contributed by atoms with E-state index in [9.17, 15) is 4.79 Å². The van der Waals surface area contributed by atoms with E-state index < -0.39 is 0 Å². The van der Waals surface area contributed by atoms with Crippen molar-refractivity contribution in [1.29, 1.82) is 0 Å². The molecule has 1 unspecified atom stereocenters. The SMILES string of the molecule is CC1(C)CN(CC(=O)NCCc2cnn(-c3ccccc3)c2)CCC1N.Cl. The van der Waals surface area contributed by atoms with Gasteiger partial charge in [-0.25, -0.2) is 4.68 Å². The zero-order valence-corrected chi connectivity index (χ0v) is 16.9. The molecule has 3 rings (SSSR count). The number of para-hydroxylation sites is 1. The second-order valence-electron chi connectivity index (χ2n) is 7.82. The first-order valence-corrected chi connectivity index (χ1v) is 9.28. The first-order chi connectivity index (χ1) is 12.4. The van der Waals surface area contributed by atoms with E-state index >= 15 is 0 Å². The van der Waals surface area contributed by atoms with Gasteiger partial charge in [0.15, 0.2) is 0 Å². The van der Waals surface area contributed by atoms with Crippen molar-refractivity contribution >= 4 is 18.3 Å². The monoisotopic (exact) mass is 391 g/mol. The van der Waals surface area contributed by atoms with Crippen molar-refractivity contribution in [2.24, 2.45) is 11.1 Å². The number of hydrogen-bond donors (Lipinski definition) is 2. The molecule has 1 fully saturated rings. The smallest absolute Gasteiger partial charge is 0.234 e. The number of likely N-dealkylation sites (tertiary alicyclic amines) is 1. The van der Waals surface area contributed by atoms with E-state index in [0.29, 0.717) is 13.1 Å². The minimum absolute atomic E-state index is 0. The number of nitrogens with zero attached hydrogens (tertiary/aromatic N) is 3. The number of carbonyl (C=O) groups is 1. The lowest BCUT2D eigenvalue weighted by molar-refractivity contribution is -0.123. The second-order valence-corrected chi connectivity index (χ2v) is 7.82. The molecule has 6 nitrogen and oxygen atoms in total. The van der Waals surface area contributed by atoms with Crippen LogP contribution in [0.1, 0.15) is 25.8 Å². The second kappa shape index (κ2) is 9.35. The lowest BCUT2D eigenvalue weighted by Gasteiger charge is -2.42. The van der Waals surface area contributed by atoms with Gasteiger partial charge in [0.1, 0.15) is 0 Å². The van der Waals surface area contributed by atoms with Crippen molar-refractivity contribution in [3.63, 3.8) is 0 Å². The molecule has 0 saturated carbocycles. The van der Waals surface area contributed by atoms with E-state index in [-0.39, 0.29) is 29.8 Å². The number of halogens is 1. The molecule has 1 aliphatic rings. The van der Waals surface area contributed by atoms with E-state index in [4.69, 9.17) is 5.73 Å². The van der Waals surface area contributed by atoms with E-state index in [1.165, 1.54) is 0 Å². The van der Waals surface area contributed by atoms with Crippen LogP contribution in [0.5, 0.6) is 0 Å². The highest BCUT2D eigenvalue weighted by Crippen LogP contribution is 2.27. The molecular weight excluding hydrogens is 362 g/mol. The third-order valence-electron chi connectivity index (χ3n) is 5.15. The van der Waals surface area contributed by atoms with Crippen LogP contribution in [0.25, 0.3) is 5.69 Å². The van der Waals surface area contributed by atoms with E-state index in [2.05, 4.69) is 29.2 Å². The number of carbonyl (C=O) groups excluding carboxylic acids is 1. The predicted octanol–water partition coefficient (Wildman–Crippen LogP) is 2.01. The van der Waals surface area contributed by atoms with Crippen molar-refractivity contribution in [1.82, 2.24) is 20.0 Å². The van der Waals surface area contributed by atoms with Crippen LogP contribution in [0.3, 0.4) is 0 Å². The Labute approximate surface area is 167 Å². The van der Waals surface area contributed by atoms with Crippen molar-refractivity contribution in [2.75, 3.05) is 26.2 Å². The summed E-state index contributed by atoms with van der Waals surface area (Å²) in [5, 5.41) is 7.40. The number of nitrogens with two attached hydrogens (primary N) is 1. The fraction of sp³-hybridized carbons (Fsp3) is 0.500. The number of piperidine rings is 1. The Hall–Kier alpha value is -1.89. The fourth-order valence-electron chi connectivity index (χ4n) is 3.44. The maximum absolute atomic E-state index is 12.2. The highest BCUT2D eigenvalue weighted by molar-refractivity contribution is 5.85. The highest BCUT2D eigenvalue weighted by Gasteiger charge is 2.33. The molecule has 1 saturated heterocycles. The van der Waals surface area contributed by atoms with Gasteiger partial charge in [0, 0.05) is 31.9 Å². The molecule has 148 valence electrons. The van der Waals surface area contributed by atoms with Crippen LogP contribution in [-0.2, 0) is 11.2 Å². The molecule has 1 amide bonds. The van der Waals surface area contributed by atoms with Gasteiger partial charge in [-0.2, -0.15) is 5.10 Å². The summed E-state index contributed by atoms with van der Waals surface area (Å²) in [7, 11) is 0. The number of aromatic nitrogens is 2. The lowest BCUT2D eigenvalue weighted by Crippen LogP contribution is -2.54. The molecule has 27 heavy (non-hydrogen) atoms. The van der Waals surface area contributed by atoms with Gasteiger partial charge in [-0.1, -0.05) is 32.0 Å². The molecule has 3 N–H and O–H groups in total. The van der Waals surface area contributed by atoms with Crippen LogP contribution < -0.4 is 11.1 Å². The summed E-state index contributed by atoms with van der Waals surface area (Å²) in [4.78, 5) is 14.4. The van der Waals surface area contributed by atoms with E-state index in [0.717, 1.165) is 37.2 Å². The van der Waals surface area contributed by atoms with Crippen molar-refractivity contribution < 1.29 is 4.79 Å². The zero-order valence-electron chi connectivity index (χ0n) is 16.1. The van der Waals surface area contributed by atoms with Crippen LogP contribution in [0.15, 0.2) is 42.7 Å². The third kappa shape index (κ3) is 5.79. The van der Waals surface area contributed by atoms with Gasteiger partial charge >= 0.3 is 0 Å². The van der Waals surface area contributed by atoms with Gasteiger partial charge < -0.3 is 11.1 Å². The van der Waals surface area contributed by atoms with Gasteiger partial charge in [-0.05, 0) is 36.0 Å². The Balaban J connectivity index is 0.00000261. The molecule has 0 bridgehead atoms. The quantitative estimate of drug-likeness (QED) is 0.789. The normalized spacial score (nSPS) is 19.3. The minimum atomic E-state index is 0. The maximum Gasteiger partial charge on any atom is 0.234 e. The van der Waals surface area contributed by atoms with Crippen LogP contribution in [-0.4, -0.2) is 52.8 Å². The predicted molar refractivity (Wildman–Crippen MR) is 110 cm³/mol. The summed E-state index contributed by atoms with van der Waals surface area (Å²) in [5.74, 6) is 0.0757. The highest BCUT2D eigenvalue weighted by atomic mass is 35.5. The van der Waals surface area contributed by atoms with Crippen LogP contribution >= 0.6 is 12.4 Å². The standard InChI is InChI=1S/C20H29N5O.ClH/c1-20(2)15-24(11-9-18(20)21)14-19(26)22-10-8-16-12-23-25(13-16)17-6-4-3-5-7-17;/h3-7,12-13,18H,8-11,14-15,21H2,1-2H3,(H,22,26);1H. The Kier molecular flexibility index (Phi) is 7.41. The molecule has 1 aliphatic heterocycles. The van der Waals surface area contributed by atoms with Gasteiger partial charge in [0.05, 0.1) is 18.4 Å². The molecule has 1 atom stereocenters. The summed E-state index contributed by atoms with van der Waals surface area (Å²) in [5.41, 5.74) is 8.37. The number of hydrogen-bond acceptors (Lipinski definition) is 4. The van der Waals surface area contributed by atoms with Crippen molar-refractivity contribution in [2.45, 2.75) is 32.7 Å². The molecule has 2 aromatic rings. The number of rotatable bonds is 6. The molecule has 0 aliphatic carbocycles. The molecule has 1 aromatic heterocycles. The molecule has 0 radical (unpaired) electrons. The van der Waals surface area contributed by atoms with Crippen LogP contribution in [0.2, 0.25) is 0 Å². The molecule has 0 spiro atoms. The van der Waals surface area contributed by atoms with Crippen molar-refractivity contribution in [3.8, 4) is 5.69 Å². The zero-order chi connectivity index (χ0) is 18.6. The Morgan fingerprint density at radius 3 is 2.78 bits per heavy atom. The molecule has 1 aromatic carbocycles. The van der Waals surface area contributed by atoms with Gasteiger partial charge in [-0.3, -0.25) is 9.69 Å². The summed E-state index contributed by atoms with van der Waals surface area (Å²) >= 11 is 0. The summed E-state index contributed by atoms with van der Waals surface area (Å²) in [6, 6.07) is 10.2. The van der Waals surface area contributed by atoms with E-state index in [1.54, 1.807) is 0 Å². The van der Waals surface area contributed by atoms with Gasteiger partial charge in [0.2, 0.25) is 5.91 Å². The molecule has 7 heteroatoms. The summed E-state index contributed by atoms with van der Waals surface area (Å²) < 4.78 is 1.86. The van der Waals surface area contributed by atoms with Crippen LogP contribution in [0.4, 0.5) is 0 Å². The first-order valence-electron chi connectivity index (χ1n) is 9.28. The summed E-state index contributed by atoms with van der Waals surface area (Å²) in [6.07, 6.45) is 5.58. The van der Waals surface area contributed by atoms with E-state index in [1.807, 2.05) is 47.4 Å². The van der Waals surface area contributed by atoms with Gasteiger partial charge in [0.25, 0.3) is 0 Å². The number of amides is 1. The number of benzene rings is 1. The Bertz CT molecular complexity index is 731. The van der Waals surface area contributed by atoms with Gasteiger partial charge in [-0.15, -0.1) is 12.4 Å². The topological polar surface area (TPSA) is 76.2 Å². The van der Waals surface area contributed by atoms with Crippen LogP contribution in [0, 0.1) is 5.41 Å². The third-order valence-corrected chi connectivity index (χ3v) is 5.15. The fourth-order valence-corrected chi connectivity index (χ4v) is 3.44. The maximum atomic E-state index is 12.2. The molecular formula is C20H30ClN5O. The Morgan fingerprint density at radius 2 is 2.07 bits per heavy atom. The van der Waals surface area contributed by atoms with Crippen molar-refractivity contribution in [3.05, 3.63) is 48.3 Å². The average Bonchev–Trinajstić information content (AvgIpc) is 3.08. The lowest BCUT2D eigenvalue weighted by atomic mass is 9.80. The Morgan fingerprint density at radius 1 is 1.33 bits per heavy atom. The average molecular weight is 392 g/mol. The summed E-state index contributed by atoms with van der Waals surface area (Å²) in [6.45, 7) is 7.17. The molecule has 2 heterocycles. The first kappa shape index (κ1) is 21.4. The number of nitrogens with one attached hydrogen (secondary N) is 1.